The Morgan fingerprint density at radius 2 is 2.25 bits per heavy atom. The minimum absolute atomic E-state index is 0.0631. The van der Waals surface area contributed by atoms with Crippen molar-refractivity contribution in [1.29, 1.82) is 0 Å². The van der Waals surface area contributed by atoms with Gasteiger partial charge in [0.1, 0.15) is 5.02 Å². The van der Waals surface area contributed by atoms with Gasteiger partial charge in [0.15, 0.2) is 5.82 Å². The zero-order chi connectivity index (χ0) is 17.1. The van der Waals surface area contributed by atoms with Crippen LogP contribution in [-0.2, 0) is 0 Å². The van der Waals surface area contributed by atoms with Crippen LogP contribution in [0.2, 0.25) is 5.02 Å². The molecule has 0 saturated heterocycles. The summed E-state index contributed by atoms with van der Waals surface area (Å²) < 4.78 is 1.70. The van der Waals surface area contributed by atoms with Crippen molar-refractivity contribution >= 4 is 35.7 Å². The van der Waals surface area contributed by atoms with E-state index in [1.165, 1.54) is 23.0 Å². The molecule has 0 amide bonds. The Labute approximate surface area is 145 Å². The summed E-state index contributed by atoms with van der Waals surface area (Å²) in [6.45, 7) is 0. The van der Waals surface area contributed by atoms with Crippen LogP contribution in [0.15, 0.2) is 47.8 Å². The number of pyridine rings is 1. The molecule has 1 aromatic carbocycles. The van der Waals surface area contributed by atoms with Gasteiger partial charge < -0.3 is 0 Å². The second-order valence-corrected chi connectivity index (χ2v) is 5.41. The topological polar surface area (TPSA) is 102 Å². The maximum absolute atomic E-state index is 10.9. The molecule has 1 N–H and O–H groups in total. The molecule has 10 heteroatoms. The lowest BCUT2D eigenvalue weighted by atomic mass is 10.2. The predicted octanol–water partition coefficient (Wildman–Crippen LogP) is 3.45. The van der Waals surface area contributed by atoms with E-state index >= 15 is 0 Å². The number of hydrogen-bond donors (Lipinski definition) is 1. The summed E-state index contributed by atoms with van der Waals surface area (Å²) in [6, 6.07) is 7.98. The summed E-state index contributed by atoms with van der Waals surface area (Å²) in [6.07, 6.45) is 4.71. The van der Waals surface area contributed by atoms with Crippen LogP contribution in [0.5, 0.6) is 0 Å². The Morgan fingerprint density at radius 1 is 1.42 bits per heavy atom. The zero-order valence-corrected chi connectivity index (χ0v) is 13.5. The number of aromatic amines is 1. The molecule has 0 unspecified atom stereocenters. The van der Waals surface area contributed by atoms with Crippen molar-refractivity contribution in [2.24, 2.45) is 5.10 Å². The van der Waals surface area contributed by atoms with Gasteiger partial charge in [0, 0.05) is 29.6 Å². The Morgan fingerprint density at radius 3 is 2.96 bits per heavy atom. The van der Waals surface area contributed by atoms with E-state index in [1.54, 1.807) is 24.5 Å². The zero-order valence-electron chi connectivity index (χ0n) is 12.0. The first kappa shape index (κ1) is 16.0. The second-order valence-electron chi connectivity index (χ2n) is 4.62. The van der Waals surface area contributed by atoms with Crippen LogP contribution >= 0.6 is 23.8 Å². The third kappa shape index (κ3) is 3.21. The normalized spacial score (nSPS) is 11.0. The predicted molar refractivity (Wildman–Crippen MR) is 91.7 cm³/mol. The molecule has 0 bridgehead atoms. The molecule has 0 saturated carbocycles. The van der Waals surface area contributed by atoms with E-state index in [0.29, 0.717) is 11.4 Å². The van der Waals surface area contributed by atoms with E-state index < -0.39 is 4.92 Å². The maximum Gasteiger partial charge on any atom is 0.288 e. The van der Waals surface area contributed by atoms with Gasteiger partial charge in [-0.1, -0.05) is 17.7 Å². The minimum atomic E-state index is -0.551. The van der Waals surface area contributed by atoms with E-state index in [9.17, 15) is 10.1 Å². The molecule has 24 heavy (non-hydrogen) atoms. The largest absolute Gasteiger partial charge is 0.288 e. The number of nitrogens with one attached hydrogen (secondary N) is 1. The molecular formula is C14H9ClN6O2S. The highest BCUT2D eigenvalue weighted by Gasteiger charge is 2.12. The van der Waals surface area contributed by atoms with Gasteiger partial charge in [0.2, 0.25) is 4.77 Å². The molecule has 8 nitrogen and oxygen atoms in total. The lowest BCUT2D eigenvalue weighted by molar-refractivity contribution is -0.384. The minimum Gasteiger partial charge on any atom is -0.264 e. The number of hydrogen-bond acceptors (Lipinski definition) is 6. The lowest BCUT2D eigenvalue weighted by Crippen LogP contribution is -1.96. The van der Waals surface area contributed by atoms with Crippen LogP contribution in [0.3, 0.4) is 0 Å². The third-order valence-corrected chi connectivity index (χ3v) is 3.64. The molecule has 2 heterocycles. The number of nitrogens with zero attached hydrogens (tertiary/aromatic N) is 5. The standard InChI is InChI=1S/C14H9ClN6O2S/c15-11-4-3-9(6-12(11)21(22)23)7-17-20-13(18-19-14(20)24)10-2-1-5-16-8-10/h1-8H,(H,19,24). The van der Waals surface area contributed by atoms with Gasteiger partial charge in [-0.25, -0.2) is 5.10 Å². The fourth-order valence-electron chi connectivity index (χ4n) is 1.95. The van der Waals surface area contributed by atoms with E-state index in [1.807, 2.05) is 6.07 Å². The average molecular weight is 361 g/mol. The summed E-state index contributed by atoms with van der Waals surface area (Å²) >= 11 is 10.9. The quantitative estimate of drug-likeness (QED) is 0.332. The number of aromatic nitrogens is 4. The van der Waals surface area contributed by atoms with Crippen LogP contribution in [0.4, 0.5) is 5.69 Å². The van der Waals surface area contributed by atoms with Gasteiger partial charge in [0.25, 0.3) is 5.69 Å². The van der Waals surface area contributed by atoms with Crippen LogP contribution < -0.4 is 0 Å². The Kier molecular flexibility index (Phi) is 4.45. The molecule has 0 aliphatic carbocycles. The van der Waals surface area contributed by atoms with E-state index in [0.717, 1.165) is 5.56 Å². The SMILES string of the molecule is O=[N+]([O-])c1cc(C=Nn2c(-c3cccnc3)n[nH]c2=S)ccc1Cl. The van der Waals surface area contributed by atoms with Crippen molar-refractivity contribution in [2.75, 3.05) is 0 Å². The van der Waals surface area contributed by atoms with Crippen molar-refractivity contribution in [3.8, 4) is 11.4 Å². The van der Waals surface area contributed by atoms with Gasteiger partial charge >= 0.3 is 0 Å². The molecule has 0 aliphatic heterocycles. The molecule has 3 rings (SSSR count). The van der Waals surface area contributed by atoms with Crippen LogP contribution in [0.25, 0.3) is 11.4 Å². The maximum atomic E-state index is 10.9. The number of nitro groups is 1. The summed E-state index contributed by atoms with van der Waals surface area (Å²) in [4.78, 5) is 14.4. The fraction of sp³-hybridized carbons (Fsp3) is 0. The number of halogens is 1. The highest BCUT2D eigenvalue weighted by molar-refractivity contribution is 7.71. The fourth-order valence-corrected chi connectivity index (χ4v) is 2.32. The van der Waals surface area contributed by atoms with E-state index in [-0.39, 0.29) is 15.5 Å². The smallest absolute Gasteiger partial charge is 0.264 e. The number of rotatable bonds is 4. The van der Waals surface area contributed by atoms with Crippen molar-refractivity contribution in [3.05, 3.63) is 68.2 Å². The molecule has 3 aromatic rings. The van der Waals surface area contributed by atoms with Crippen LogP contribution in [-0.4, -0.2) is 31.0 Å². The number of H-pyrrole nitrogens is 1. The van der Waals surface area contributed by atoms with Crippen molar-refractivity contribution in [1.82, 2.24) is 19.9 Å². The summed E-state index contributed by atoms with van der Waals surface area (Å²) in [5, 5.41) is 22.0. The highest BCUT2D eigenvalue weighted by atomic mass is 35.5. The van der Waals surface area contributed by atoms with Gasteiger partial charge in [-0.2, -0.15) is 14.9 Å². The highest BCUT2D eigenvalue weighted by Crippen LogP contribution is 2.24. The molecular weight excluding hydrogens is 352 g/mol. The summed E-state index contributed by atoms with van der Waals surface area (Å²) in [5.41, 5.74) is 1.04. The first-order chi connectivity index (χ1) is 11.6. The average Bonchev–Trinajstić information content (AvgIpc) is 2.95. The Bertz CT molecular complexity index is 982. The molecule has 0 atom stereocenters. The monoisotopic (exact) mass is 360 g/mol. The van der Waals surface area contributed by atoms with Crippen molar-refractivity contribution in [3.63, 3.8) is 0 Å². The molecule has 0 fully saturated rings. The van der Waals surface area contributed by atoms with E-state index in [2.05, 4.69) is 20.3 Å². The molecule has 2 aromatic heterocycles. The van der Waals surface area contributed by atoms with Crippen molar-refractivity contribution < 1.29 is 4.92 Å². The Balaban J connectivity index is 1.99. The van der Waals surface area contributed by atoms with Crippen LogP contribution in [0, 0.1) is 14.9 Å². The van der Waals surface area contributed by atoms with Crippen molar-refractivity contribution in [2.45, 2.75) is 0 Å². The third-order valence-electron chi connectivity index (χ3n) is 3.06. The molecule has 0 aliphatic rings. The van der Waals surface area contributed by atoms with Gasteiger partial charge in [-0.15, -0.1) is 0 Å². The first-order valence-electron chi connectivity index (χ1n) is 6.62. The summed E-state index contributed by atoms with van der Waals surface area (Å²) in [5.74, 6) is 0.479. The first-order valence-corrected chi connectivity index (χ1v) is 7.41. The van der Waals surface area contributed by atoms with Gasteiger partial charge in [-0.3, -0.25) is 15.1 Å². The van der Waals surface area contributed by atoms with Gasteiger partial charge in [-0.05, 0) is 30.4 Å². The summed E-state index contributed by atoms with van der Waals surface area (Å²) in [7, 11) is 0. The van der Waals surface area contributed by atoms with Crippen LogP contribution in [0.1, 0.15) is 5.56 Å². The van der Waals surface area contributed by atoms with E-state index in [4.69, 9.17) is 23.8 Å². The molecule has 0 radical (unpaired) electrons. The molecule has 0 spiro atoms. The van der Waals surface area contributed by atoms with Gasteiger partial charge in [0.05, 0.1) is 11.1 Å². The second kappa shape index (κ2) is 6.69. The molecule has 120 valence electrons. The lowest BCUT2D eigenvalue weighted by Gasteiger charge is -2.00. The number of nitro benzene ring substituents is 1. The Hall–Kier alpha value is -2.91. The number of benzene rings is 1.